The van der Waals surface area contributed by atoms with Gasteiger partial charge in [0.15, 0.2) is 5.79 Å². The maximum Gasteiger partial charge on any atom is 0.170 e. The third-order valence-electron chi connectivity index (χ3n) is 2.26. The van der Waals surface area contributed by atoms with Gasteiger partial charge in [-0.05, 0) is 5.57 Å². The van der Waals surface area contributed by atoms with Crippen LogP contribution in [-0.2, 0) is 4.74 Å². The normalized spacial score (nSPS) is 43.2. The van der Waals surface area contributed by atoms with Gasteiger partial charge in [0.2, 0.25) is 0 Å². The van der Waals surface area contributed by atoms with Gasteiger partial charge in [-0.3, -0.25) is 0 Å². The summed E-state index contributed by atoms with van der Waals surface area (Å²) in [6.07, 6.45) is -1.64. The predicted molar refractivity (Wildman–Crippen MR) is 42.3 cm³/mol. The first-order valence-corrected chi connectivity index (χ1v) is 3.81. The van der Waals surface area contributed by atoms with Gasteiger partial charge in [-0.15, -0.1) is 0 Å². The molecule has 1 fully saturated rings. The van der Waals surface area contributed by atoms with E-state index >= 15 is 0 Å². The number of hydrogen-bond acceptors (Lipinski definition) is 4. The minimum Gasteiger partial charge on any atom is -0.388 e. The number of rotatable bonds is 1. The molecule has 0 aromatic rings. The van der Waals surface area contributed by atoms with Crippen LogP contribution in [0.3, 0.4) is 0 Å². The van der Waals surface area contributed by atoms with Crippen LogP contribution in [-0.4, -0.2) is 40.4 Å². The molecule has 3 N–H and O–H groups in total. The fourth-order valence-corrected chi connectivity index (χ4v) is 1.34. The maximum absolute atomic E-state index is 9.56. The van der Waals surface area contributed by atoms with Crippen LogP contribution in [0.1, 0.15) is 12.8 Å². The molecule has 1 saturated carbocycles. The largest absolute Gasteiger partial charge is 0.388 e. The van der Waals surface area contributed by atoms with E-state index in [1.54, 1.807) is 0 Å². The highest BCUT2D eigenvalue weighted by Crippen LogP contribution is 2.31. The van der Waals surface area contributed by atoms with E-state index in [-0.39, 0.29) is 12.8 Å². The van der Waals surface area contributed by atoms with E-state index in [9.17, 15) is 15.3 Å². The topological polar surface area (TPSA) is 69.9 Å². The van der Waals surface area contributed by atoms with Gasteiger partial charge < -0.3 is 20.1 Å². The fourth-order valence-electron chi connectivity index (χ4n) is 1.34. The van der Waals surface area contributed by atoms with Crippen molar-refractivity contribution in [2.75, 3.05) is 7.11 Å². The van der Waals surface area contributed by atoms with Crippen molar-refractivity contribution in [1.82, 2.24) is 0 Å². The summed E-state index contributed by atoms with van der Waals surface area (Å²) in [5.41, 5.74) is 0.344. The zero-order chi connectivity index (χ0) is 9.35. The SMILES string of the molecule is C=C1[C@H](O)CC(O)(OC)C[C@H]1O. The Hall–Kier alpha value is -0.420. The molecule has 0 heterocycles. The Bertz CT molecular complexity index is 175. The highest BCUT2D eigenvalue weighted by molar-refractivity contribution is 5.13. The van der Waals surface area contributed by atoms with Gasteiger partial charge in [-0.1, -0.05) is 6.58 Å². The van der Waals surface area contributed by atoms with Gasteiger partial charge in [0.1, 0.15) is 0 Å². The molecule has 1 aliphatic rings. The molecule has 70 valence electrons. The van der Waals surface area contributed by atoms with E-state index in [0.29, 0.717) is 5.57 Å². The molecule has 0 unspecified atom stereocenters. The van der Waals surface area contributed by atoms with E-state index in [1.807, 2.05) is 0 Å². The molecule has 0 bridgehead atoms. The Morgan fingerprint density at radius 2 is 1.83 bits per heavy atom. The molecule has 12 heavy (non-hydrogen) atoms. The Kier molecular flexibility index (Phi) is 2.53. The number of aliphatic hydroxyl groups is 3. The van der Waals surface area contributed by atoms with Crippen molar-refractivity contribution < 1.29 is 20.1 Å². The summed E-state index contributed by atoms with van der Waals surface area (Å²) >= 11 is 0. The van der Waals surface area contributed by atoms with Gasteiger partial charge in [0.25, 0.3) is 0 Å². The molecule has 0 saturated heterocycles. The lowest BCUT2D eigenvalue weighted by atomic mass is 9.86. The van der Waals surface area contributed by atoms with E-state index in [4.69, 9.17) is 4.74 Å². The molecule has 0 amide bonds. The van der Waals surface area contributed by atoms with Gasteiger partial charge >= 0.3 is 0 Å². The van der Waals surface area contributed by atoms with Gasteiger partial charge in [0.05, 0.1) is 12.2 Å². The third kappa shape index (κ3) is 1.67. The van der Waals surface area contributed by atoms with Crippen molar-refractivity contribution in [1.29, 1.82) is 0 Å². The first kappa shape index (κ1) is 9.67. The highest BCUT2D eigenvalue weighted by atomic mass is 16.6. The summed E-state index contributed by atoms with van der Waals surface area (Å²) in [5.74, 6) is -1.42. The molecule has 4 heteroatoms. The summed E-state index contributed by atoms with van der Waals surface area (Å²) in [4.78, 5) is 0. The molecule has 0 aromatic carbocycles. The van der Waals surface area contributed by atoms with Gasteiger partial charge in [-0.2, -0.15) is 0 Å². The summed E-state index contributed by atoms with van der Waals surface area (Å²) in [5, 5.41) is 28.2. The van der Waals surface area contributed by atoms with E-state index < -0.39 is 18.0 Å². The van der Waals surface area contributed by atoms with Gasteiger partial charge in [-0.25, -0.2) is 0 Å². The smallest absolute Gasteiger partial charge is 0.170 e. The molecule has 0 spiro atoms. The zero-order valence-electron chi connectivity index (χ0n) is 7.03. The van der Waals surface area contributed by atoms with E-state index in [2.05, 4.69) is 6.58 Å². The second-order valence-corrected chi connectivity index (χ2v) is 3.17. The minimum absolute atomic E-state index is 0.0688. The number of methoxy groups -OCH3 is 1. The summed E-state index contributed by atoms with van der Waals surface area (Å²) in [6, 6.07) is 0. The van der Waals surface area contributed by atoms with Crippen LogP contribution in [0.25, 0.3) is 0 Å². The summed E-state index contributed by atoms with van der Waals surface area (Å²) in [6.45, 7) is 3.51. The van der Waals surface area contributed by atoms with Crippen molar-refractivity contribution in [3.8, 4) is 0 Å². The average Bonchev–Trinajstić information content (AvgIpc) is 2.00. The van der Waals surface area contributed by atoms with Crippen molar-refractivity contribution in [3.63, 3.8) is 0 Å². The molecular formula is C8H14O4. The number of aliphatic hydroxyl groups excluding tert-OH is 2. The molecule has 0 aromatic heterocycles. The molecule has 2 atom stereocenters. The van der Waals surface area contributed by atoms with Crippen LogP contribution in [0.5, 0.6) is 0 Å². The maximum atomic E-state index is 9.56. The monoisotopic (exact) mass is 174 g/mol. The lowest BCUT2D eigenvalue weighted by molar-refractivity contribution is -0.225. The molecule has 0 aliphatic heterocycles. The van der Waals surface area contributed by atoms with Crippen molar-refractivity contribution in [2.45, 2.75) is 30.8 Å². The Morgan fingerprint density at radius 1 is 1.42 bits per heavy atom. The highest BCUT2D eigenvalue weighted by Gasteiger charge is 2.40. The fraction of sp³-hybridized carbons (Fsp3) is 0.750. The number of hydrogen-bond donors (Lipinski definition) is 3. The number of ether oxygens (including phenoxy) is 1. The lowest BCUT2D eigenvalue weighted by Gasteiger charge is -2.37. The van der Waals surface area contributed by atoms with E-state index in [1.165, 1.54) is 7.11 Å². The molecule has 1 rings (SSSR count). The molecule has 0 radical (unpaired) electrons. The van der Waals surface area contributed by atoms with Crippen LogP contribution in [0.4, 0.5) is 0 Å². The van der Waals surface area contributed by atoms with Crippen LogP contribution in [0, 0.1) is 0 Å². The lowest BCUT2D eigenvalue weighted by Crippen LogP contribution is -2.46. The summed E-state index contributed by atoms with van der Waals surface area (Å²) < 4.78 is 4.76. The van der Waals surface area contributed by atoms with Crippen molar-refractivity contribution in [3.05, 3.63) is 12.2 Å². The van der Waals surface area contributed by atoms with Crippen LogP contribution in [0.2, 0.25) is 0 Å². The Balaban J connectivity index is 2.71. The second kappa shape index (κ2) is 3.14. The Morgan fingerprint density at radius 3 is 2.17 bits per heavy atom. The molecule has 4 nitrogen and oxygen atoms in total. The Labute approximate surface area is 71.1 Å². The van der Waals surface area contributed by atoms with Crippen LogP contribution >= 0.6 is 0 Å². The quantitative estimate of drug-likeness (QED) is 0.366. The molecular weight excluding hydrogens is 160 g/mol. The first-order chi connectivity index (χ1) is 5.48. The van der Waals surface area contributed by atoms with Crippen molar-refractivity contribution >= 4 is 0 Å². The average molecular weight is 174 g/mol. The minimum atomic E-state index is -1.42. The van der Waals surface area contributed by atoms with Crippen LogP contribution < -0.4 is 0 Å². The zero-order valence-corrected chi connectivity index (χ0v) is 7.03. The first-order valence-electron chi connectivity index (χ1n) is 3.81. The molecule has 1 aliphatic carbocycles. The standard InChI is InChI=1S/C8H14O4/c1-5-6(9)3-8(11,12-2)4-7(5)10/h6-7,9-11H,1,3-4H2,2H3/t6-,7-/m1/s1. The van der Waals surface area contributed by atoms with Crippen LogP contribution in [0.15, 0.2) is 12.2 Å². The van der Waals surface area contributed by atoms with E-state index in [0.717, 1.165) is 0 Å². The predicted octanol–water partition coefficient (Wildman–Crippen LogP) is -0.607. The third-order valence-corrected chi connectivity index (χ3v) is 2.26. The van der Waals surface area contributed by atoms with Gasteiger partial charge in [0, 0.05) is 20.0 Å². The van der Waals surface area contributed by atoms with Crippen molar-refractivity contribution in [2.24, 2.45) is 0 Å². The second-order valence-electron chi connectivity index (χ2n) is 3.17. The summed E-state index contributed by atoms with van der Waals surface area (Å²) in [7, 11) is 1.34.